The quantitative estimate of drug-likeness (QED) is 0.772. The summed E-state index contributed by atoms with van der Waals surface area (Å²) >= 11 is 0. The standard InChI is InChI=1S/C16H13FN2/c1-11-8-13-4-2-3-5-15(13)19(11)16-7-6-12(10-18)9-14(16)17/h2-7,9,11H,8H2,1H3. The average molecular weight is 252 g/mol. The van der Waals surface area contributed by atoms with Gasteiger partial charge in [-0.2, -0.15) is 5.26 Å². The van der Waals surface area contributed by atoms with E-state index in [-0.39, 0.29) is 11.9 Å². The zero-order valence-corrected chi connectivity index (χ0v) is 10.6. The predicted octanol–water partition coefficient (Wildman–Crippen LogP) is 3.78. The van der Waals surface area contributed by atoms with Crippen molar-refractivity contribution in [2.75, 3.05) is 4.90 Å². The molecule has 2 aromatic carbocycles. The fourth-order valence-corrected chi connectivity index (χ4v) is 2.70. The molecule has 1 atom stereocenters. The van der Waals surface area contributed by atoms with Gasteiger partial charge < -0.3 is 4.90 Å². The Hall–Kier alpha value is -2.34. The Morgan fingerprint density at radius 2 is 2.00 bits per heavy atom. The van der Waals surface area contributed by atoms with Gasteiger partial charge in [0.25, 0.3) is 0 Å². The molecule has 1 aliphatic heterocycles. The summed E-state index contributed by atoms with van der Waals surface area (Å²) in [5.74, 6) is -0.345. The number of halogens is 1. The van der Waals surface area contributed by atoms with Crippen molar-refractivity contribution in [2.45, 2.75) is 19.4 Å². The molecular weight excluding hydrogens is 239 g/mol. The van der Waals surface area contributed by atoms with Gasteiger partial charge in [-0.15, -0.1) is 0 Å². The molecule has 0 N–H and O–H groups in total. The van der Waals surface area contributed by atoms with Crippen molar-refractivity contribution in [3.05, 3.63) is 59.4 Å². The molecule has 2 aromatic rings. The molecule has 0 bridgehead atoms. The lowest BCUT2D eigenvalue weighted by Crippen LogP contribution is -2.24. The van der Waals surface area contributed by atoms with Crippen LogP contribution in [0.3, 0.4) is 0 Å². The van der Waals surface area contributed by atoms with Crippen molar-refractivity contribution in [3.8, 4) is 6.07 Å². The van der Waals surface area contributed by atoms with Crippen LogP contribution in [0.5, 0.6) is 0 Å². The summed E-state index contributed by atoms with van der Waals surface area (Å²) in [5, 5.41) is 8.80. The number of nitriles is 1. The predicted molar refractivity (Wildman–Crippen MR) is 72.9 cm³/mol. The highest BCUT2D eigenvalue weighted by Crippen LogP contribution is 2.39. The number of benzene rings is 2. The third-order valence-electron chi connectivity index (χ3n) is 3.54. The number of nitrogens with zero attached hydrogens (tertiary/aromatic N) is 2. The van der Waals surface area contributed by atoms with Crippen molar-refractivity contribution >= 4 is 11.4 Å². The van der Waals surface area contributed by atoms with Crippen LogP contribution < -0.4 is 4.90 Å². The summed E-state index contributed by atoms with van der Waals surface area (Å²) in [4.78, 5) is 2.01. The van der Waals surface area contributed by atoms with Crippen LogP contribution in [-0.4, -0.2) is 6.04 Å². The van der Waals surface area contributed by atoms with E-state index in [0.717, 1.165) is 12.1 Å². The van der Waals surface area contributed by atoms with E-state index in [1.807, 2.05) is 29.2 Å². The maximum Gasteiger partial charge on any atom is 0.148 e. The Balaban J connectivity index is 2.10. The van der Waals surface area contributed by atoms with E-state index in [1.54, 1.807) is 12.1 Å². The number of rotatable bonds is 1. The van der Waals surface area contributed by atoms with Crippen LogP contribution in [0.1, 0.15) is 18.1 Å². The summed E-state index contributed by atoms with van der Waals surface area (Å²) in [7, 11) is 0. The van der Waals surface area contributed by atoms with Gasteiger partial charge in [0, 0.05) is 11.7 Å². The minimum atomic E-state index is -0.345. The van der Waals surface area contributed by atoms with Gasteiger partial charge in [0.15, 0.2) is 0 Å². The molecule has 0 radical (unpaired) electrons. The van der Waals surface area contributed by atoms with Crippen molar-refractivity contribution in [1.82, 2.24) is 0 Å². The van der Waals surface area contributed by atoms with Gasteiger partial charge in [-0.05, 0) is 43.2 Å². The first-order chi connectivity index (χ1) is 9.20. The molecule has 0 fully saturated rings. The van der Waals surface area contributed by atoms with E-state index in [2.05, 4.69) is 13.0 Å². The molecule has 0 aliphatic carbocycles. The Labute approximate surface area is 111 Å². The highest BCUT2D eigenvalue weighted by Gasteiger charge is 2.28. The molecule has 0 spiro atoms. The summed E-state index contributed by atoms with van der Waals surface area (Å²) in [5.41, 5.74) is 3.18. The van der Waals surface area contributed by atoms with Gasteiger partial charge >= 0.3 is 0 Å². The lowest BCUT2D eigenvalue weighted by molar-refractivity contribution is 0.617. The molecule has 94 valence electrons. The van der Waals surface area contributed by atoms with Crippen LogP contribution in [0.15, 0.2) is 42.5 Å². The summed E-state index contributed by atoms with van der Waals surface area (Å²) in [6.07, 6.45) is 0.912. The van der Waals surface area contributed by atoms with Gasteiger partial charge in [0.1, 0.15) is 5.82 Å². The minimum absolute atomic E-state index is 0.222. The minimum Gasteiger partial charge on any atom is -0.336 e. The van der Waals surface area contributed by atoms with Gasteiger partial charge in [0.2, 0.25) is 0 Å². The topological polar surface area (TPSA) is 27.0 Å². The summed E-state index contributed by atoms with van der Waals surface area (Å²) in [6.45, 7) is 2.08. The maximum absolute atomic E-state index is 14.2. The first-order valence-electron chi connectivity index (χ1n) is 6.27. The SMILES string of the molecule is CC1Cc2ccccc2N1c1ccc(C#N)cc1F. The number of fused-ring (bicyclic) bond motifs is 1. The molecule has 3 rings (SSSR count). The zero-order valence-electron chi connectivity index (χ0n) is 10.6. The third kappa shape index (κ3) is 1.86. The molecular formula is C16H13FN2. The smallest absolute Gasteiger partial charge is 0.148 e. The molecule has 2 nitrogen and oxygen atoms in total. The van der Waals surface area contributed by atoms with E-state index in [9.17, 15) is 4.39 Å². The van der Waals surface area contributed by atoms with Gasteiger partial charge in [-0.1, -0.05) is 18.2 Å². The van der Waals surface area contributed by atoms with Gasteiger partial charge in [-0.25, -0.2) is 4.39 Å². The highest BCUT2D eigenvalue weighted by molar-refractivity contribution is 5.71. The normalized spacial score (nSPS) is 17.1. The maximum atomic E-state index is 14.2. The van der Waals surface area contributed by atoms with E-state index < -0.39 is 0 Å². The second-order valence-electron chi connectivity index (χ2n) is 4.83. The average Bonchev–Trinajstić information content (AvgIpc) is 2.75. The van der Waals surface area contributed by atoms with Crippen LogP contribution in [0.25, 0.3) is 0 Å². The number of hydrogen-bond acceptors (Lipinski definition) is 2. The van der Waals surface area contributed by atoms with Crippen LogP contribution in [0.2, 0.25) is 0 Å². The van der Waals surface area contributed by atoms with E-state index in [4.69, 9.17) is 5.26 Å². The Morgan fingerprint density at radius 3 is 2.74 bits per heavy atom. The second-order valence-corrected chi connectivity index (χ2v) is 4.83. The van der Waals surface area contributed by atoms with Crippen LogP contribution >= 0.6 is 0 Å². The Morgan fingerprint density at radius 1 is 1.21 bits per heavy atom. The molecule has 19 heavy (non-hydrogen) atoms. The summed E-state index contributed by atoms with van der Waals surface area (Å²) in [6, 6.07) is 14.9. The molecule has 0 amide bonds. The largest absolute Gasteiger partial charge is 0.336 e. The van der Waals surface area contributed by atoms with Crippen LogP contribution in [0.4, 0.5) is 15.8 Å². The van der Waals surface area contributed by atoms with Crippen LogP contribution in [0, 0.1) is 17.1 Å². The fraction of sp³-hybridized carbons (Fsp3) is 0.188. The van der Waals surface area contributed by atoms with Crippen molar-refractivity contribution in [2.24, 2.45) is 0 Å². The molecule has 1 aliphatic rings. The monoisotopic (exact) mass is 252 g/mol. The van der Waals surface area contributed by atoms with E-state index >= 15 is 0 Å². The second kappa shape index (κ2) is 4.40. The summed E-state index contributed by atoms with van der Waals surface area (Å²) < 4.78 is 14.2. The molecule has 1 unspecified atom stereocenters. The Kier molecular flexibility index (Phi) is 2.72. The van der Waals surface area contributed by atoms with E-state index in [0.29, 0.717) is 11.3 Å². The van der Waals surface area contributed by atoms with Crippen molar-refractivity contribution in [1.29, 1.82) is 5.26 Å². The first kappa shape index (κ1) is 11.7. The van der Waals surface area contributed by atoms with Crippen molar-refractivity contribution < 1.29 is 4.39 Å². The van der Waals surface area contributed by atoms with Crippen LogP contribution in [-0.2, 0) is 6.42 Å². The third-order valence-corrected chi connectivity index (χ3v) is 3.54. The van der Waals surface area contributed by atoms with Gasteiger partial charge in [-0.3, -0.25) is 0 Å². The highest BCUT2D eigenvalue weighted by atomic mass is 19.1. The van der Waals surface area contributed by atoms with Gasteiger partial charge in [0.05, 0.1) is 17.3 Å². The van der Waals surface area contributed by atoms with Crippen molar-refractivity contribution in [3.63, 3.8) is 0 Å². The first-order valence-corrected chi connectivity index (χ1v) is 6.27. The lowest BCUT2D eigenvalue weighted by Gasteiger charge is -2.25. The molecule has 0 saturated heterocycles. The molecule has 1 heterocycles. The molecule has 0 aromatic heterocycles. The number of para-hydroxylation sites is 1. The number of hydrogen-bond donors (Lipinski definition) is 0. The number of anilines is 2. The molecule has 3 heteroatoms. The lowest BCUT2D eigenvalue weighted by atomic mass is 10.1. The zero-order chi connectivity index (χ0) is 13.4. The molecule has 0 saturated carbocycles. The van der Waals surface area contributed by atoms with E-state index in [1.165, 1.54) is 11.6 Å². The Bertz CT molecular complexity index is 673. The fourth-order valence-electron chi connectivity index (χ4n) is 2.70.